The molecule has 2 heterocycles. The molecule has 110 valence electrons. The fraction of sp³-hybridized carbons (Fsp3) is 0.417. The second-order valence-corrected chi connectivity index (χ2v) is 6.19. The molecule has 0 aromatic carbocycles. The number of carbonyl (C=O) groups excluding carboxylic acids is 1. The molecule has 20 heavy (non-hydrogen) atoms. The minimum absolute atomic E-state index is 0. The van der Waals surface area contributed by atoms with Gasteiger partial charge in [0.2, 0.25) is 5.91 Å². The molecule has 0 spiro atoms. The number of thiazole rings is 2. The Morgan fingerprint density at radius 1 is 1.40 bits per heavy atom. The van der Waals surface area contributed by atoms with Crippen LogP contribution in [0.2, 0.25) is 0 Å². The van der Waals surface area contributed by atoms with Gasteiger partial charge in [-0.15, -0.1) is 35.1 Å². The fourth-order valence-electron chi connectivity index (χ4n) is 1.65. The van der Waals surface area contributed by atoms with Crippen molar-refractivity contribution >= 4 is 46.1 Å². The molecule has 0 unspecified atom stereocenters. The van der Waals surface area contributed by atoms with Crippen LogP contribution in [0, 0.1) is 13.8 Å². The Balaban J connectivity index is 0.00000200. The van der Waals surface area contributed by atoms with Gasteiger partial charge in [-0.25, -0.2) is 9.97 Å². The number of rotatable bonds is 5. The molecule has 0 bridgehead atoms. The van der Waals surface area contributed by atoms with E-state index in [9.17, 15) is 4.79 Å². The number of carbonyl (C=O) groups is 1. The van der Waals surface area contributed by atoms with Gasteiger partial charge in [0.05, 0.1) is 21.3 Å². The molecular formula is C12H17ClN4OS2. The summed E-state index contributed by atoms with van der Waals surface area (Å²) in [6, 6.07) is 0. The summed E-state index contributed by atoms with van der Waals surface area (Å²) in [5.41, 5.74) is 7.23. The van der Waals surface area contributed by atoms with Crippen LogP contribution in [-0.4, -0.2) is 22.4 Å². The molecular weight excluding hydrogens is 316 g/mol. The average Bonchev–Trinajstić information content (AvgIpc) is 2.93. The Kier molecular flexibility index (Phi) is 6.54. The number of anilines is 1. The van der Waals surface area contributed by atoms with Crippen LogP contribution in [0.5, 0.6) is 0 Å². The van der Waals surface area contributed by atoms with Gasteiger partial charge in [0.15, 0.2) is 5.13 Å². The summed E-state index contributed by atoms with van der Waals surface area (Å²) in [6.45, 7) is 4.47. The van der Waals surface area contributed by atoms with Gasteiger partial charge in [-0.1, -0.05) is 0 Å². The van der Waals surface area contributed by atoms with Gasteiger partial charge >= 0.3 is 0 Å². The smallest absolute Gasteiger partial charge is 0.226 e. The van der Waals surface area contributed by atoms with E-state index < -0.39 is 0 Å². The van der Waals surface area contributed by atoms with Crippen molar-refractivity contribution in [3.05, 3.63) is 16.1 Å². The standard InChI is InChI=1S/C12H16N4OS2.ClH/c1-7-11(19-8(2)14-7)9-6-18-12(15-9)16-10(17)4-3-5-13;/h6H,3-5,13H2,1-2H3,(H,15,16,17);1H. The lowest BCUT2D eigenvalue weighted by atomic mass is 10.3. The number of nitrogens with zero attached hydrogens (tertiary/aromatic N) is 2. The van der Waals surface area contributed by atoms with Crippen molar-refractivity contribution < 1.29 is 4.79 Å². The van der Waals surface area contributed by atoms with E-state index in [1.54, 1.807) is 11.3 Å². The molecule has 0 aliphatic carbocycles. The third-order valence-electron chi connectivity index (χ3n) is 2.49. The first-order valence-electron chi connectivity index (χ1n) is 6.00. The second kappa shape index (κ2) is 7.68. The summed E-state index contributed by atoms with van der Waals surface area (Å²) in [5.74, 6) is -0.0384. The molecule has 1 amide bonds. The van der Waals surface area contributed by atoms with Crippen LogP contribution < -0.4 is 11.1 Å². The number of nitrogens with one attached hydrogen (secondary N) is 1. The molecule has 0 aliphatic heterocycles. The number of halogens is 1. The van der Waals surface area contributed by atoms with Crippen molar-refractivity contribution in [2.24, 2.45) is 5.73 Å². The Labute approximate surface area is 132 Å². The van der Waals surface area contributed by atoms with Crippen LogP contribution in [0.3, 0.4) is 0 Å². The van der Waals surface area contributed by atoms with Crippen molar-refractivity contribution in [3.63, 3.8) is 0 Å². The minimum atomic E-state index is -0.0384. The average molecular weight is 333 g/mol. The van der Waals surface area contributed by atoms with Crippen molar-refractivity contribution in [1.82, 2.24) is 9.97 Å². The number of hydrogen-bond acceptors (Lipinski definition) is 6. The lowest BCUT2D eigenvalue weighted by Gasteiger charge is -1.99. The number of nitrogens with two attached hydrogens (primary N) is 1. The zero-order chi connectivity index (χ0) is 13.8. The lowest BCUT2D eigenvalue weighted by Crippen LogP contribution is -2.13. The van der Waals surface area contributed by atoms with Crippen LogP contribution in [0.1, 0.15) is 23.5 Å². The van der Waals surface area contributed by atoms with Gasteiger partial charge in [0.25, 0.3) is 0 Å². The van der Waals surface area contributed by atoms with Gasteiger partial charge in [0.1, 0.15) is 0 Å². The minimum Gasteiger partial charge on any atom is -0.330 e. The van der Waals surface area contributed by atoms with Crippen LogP contribution in [0.15, 0.2) is 5.38 Å². The quantitative estimate of drug-likeness (QED) is 0.882. The van der Waals surface area contributed by atoms with E-state index in [0.717, 1.165) is 21.3 Å². The Hall–Kier alpha value is -1.02. The topological polar surface area (TPSA) is 80.9 Å². The first kappa shape index (κ1) is 17.0. The van der Waals surface area contributed by atoms with Crippen LogP contribution in [0.25, 0.3) is 10.6 Å². The van der Waals surface area contributed by atoms with Crippen molar-refractivity contribution in [2.75, 3.05) is 11.9 Å². The molecule has 0 radical (unpaired) electrons. The van der Waals surface area contributed by atoms with Crippen LogP contribution in [-0.2, 0) is 4.79 Å². The van der Waals surface area contributed by atoms with Gasteiger partial charge in [-0.05, 0) is 26.8 Å². The molecule has 3 N–H and O–H groups in total. The van der Waals surface area contributed by atoms with Gasteiger partial charge in [-0.3, -0.25) is 4.79 Å². The molecule has 0 saturated carbocycles. The van der Waals surface area contributed by atoms with Gasteiger partial charge in [-0.2, -0.15) is 0 Å². The predicted molar refractivity (Wildman–Crippen MR) is 86.9 cm³/mol. The normalized spacial score (nSPS) is 10.2. The lowest BCUT2D eigenvalue weighted by molar-refractivity contribution is -0.116. The summed E-state index contributed by atoms with van der Waals surface area (Å²) in [4.78, 5) is 21.5. The van der Waals surface area contributed by atoms with Crippen LogP contribution in [0.4, 0.5) is 5.13 Å². The molecule has 2 rings (SSSR count). The second-order valence-electron chi connectivity index (χ2n) is 4.13. The Morgan fingerprint density at radius 2 is 2.15 bits per heavy atom. The fourth-order valence-corrected chi connectivity index (χ4v) is 3.32. The maximum absolute atomic E-state index is 11.6. The van der Waals surface area contributed by atoms with E-state index in [0.29, 0.717) is 24.5 Å². The van der Waals surface area contributed by atoms with E-state index in [1.165, 1.54) is 11.3 Å². The highest BCUT2D eigenvalue weighted by molar-refractivity contribution is 7.16. The molecule has 5 nitrogen and oxygen atoms in total. The van der Waals surface area contributed by atoms with E-state index >= 15 is 0 Å². The first-order valence-corrected chi connectivity index (χ1v) is 7.69. The van der Waals surface area contributed by atoms with E-state index in [1.807, 2.05) is 19.2 Å². The molecule has 0 aliphatic rings. The maximum Gasteiger partial charge on any atom is 0.226 e. The summed E-state index contributed by atoms with van der Waals surface area (Å²) in [7, 11) is 0. The third kappa shape index (κ3) is 4.24. The Morgan fingerprint density at radius 3 is 2.75 bits per heavy atom. The summed E-state index contributed by atoms with van der Waals surface area (Å²) in [6.07, 6.45) is 1.13. The van der Waals surface area contributed by atoms with E-state index in [4.69, 9.17) is 5.73 Å². The molecule has 0 saturated heterocycles. The van der Waals surface area contributed by atoms with Crippen molar-refractivity contribution in [3.8, 4) is 10.6 Å². The molecule has 0 fully saturated rings. The summed E-state index contributed by atoms with van der Waals surface area (Å²) < 4.78 is 0. The molecule has 2 aromatic rings. The largest absolute Gasteiger partial charge is 0.330 e. The van der Waals surface area contributed by atoms with E-state index in [-0.39, 0.29) is 18.3 Å². The third-order valence-corrected chi connectivity index (χ3v) is 4.35. The summed E-state index contributed by atoms with van der Waals surface area (Å²) in [5, 5.41) is 6.38. The molecule has 8 heteroatoms. The number of hydrogen-bond donors (Lipinski definition) is 2. The monoisotopic (exact) mass is 332 g/mol. The van der Waals surface area contributed by atoms with E-state index in [2.05, 4.69) is 15.3 Å². The zero-order valence-corrected chi connectivity index (χ0v) is 13.8. The predicted octanol–water partition coefficient (Wildman–Crippen LogP) is 2.98. The summed E-state index contributed by atoms with van der Waals surface area (Å²) >= 11 is 3.05. The first-order chi connectivity index (χ1) is 9.10. The zero-order valence-electron chi connectivity index (χ0n) is 11.3. The van der Waals surface area contributed by atoms with Crippen molar-refractivity contribution in [1.29, 1.82) is 0 Å². The molecule has 2 aromatic heterocycles. The maximum atomic E-state index is 11.6. The molecule has 0 atom stereocenters. The Bertz CT molecular complexity index is 582. The number of aryl methyl sites for hydroxylation is 2. The van der Waals surface area contributed by atoms with Crippen molar-refractivity contribution in [2.45, 2.75) is 26.7 Å². The highest BCUT2D eigenvalue weighted by Gasteiger charge is 2.12. The van der Waals surface area contributed by atoms with Gasteiger partial charge < -0.3 is 11.1 Å². The highest BCUT2D eigenvalue weighted by atomic mass is 35.5. The SMILES string of the molecule is Cc1nc(C)c(-c2csc(NC(=O)CCCN)n2)s1.Cl. The highest BCUT2D eigenvalue weighted by Crippen LogP contribution is 2.31. The van der Waals surface area contributed by atoms with Gasteiger partial charge in [0, 0.05) is 11.8 Å². The number of aromatic nitrogens is 2. The van der Waals surface area contributed by atoms with Crippen LogP contribution >= 0.6 is 35.1 Å². The number of amides is 1.